The van der Waals surface area contributed by atoms with Crippen molar-refractivity contribution in [2.24, 2.45) is 5.92 Å². The van der Waals surface area contributed by atoms with Crippen molar-refractivity contribution in [3.05, 3.63) is 35.9 Å². The van der Waals surface area contributed by atoms with Crippen LogP contribution >= 0.6 is 0 Å². The maximum atomic E-state index is 11.5. The molecule has 1 aromatic carbocycles. The zero-order valence-electron chi connectivity index (χ0n) is 11.7. The lowest BCUT2D eigenvalue weighted by Crippen LogP contribution is -2.54. The van der Waals surface area contributed by atoms with Crippen LogP contribution in [0.5, 0.6) is 0 Å². The molecule has 0 atom stereocenters. The van der Waals surface area contributed by atoms with E-state index in [-0.39, 0.29) is 6.61 Å². The molecule has 0 aromatic heterocycles. The van der Waals surface area contributed by atoms with Gasteiger partial charge in [-0.2, -0.15) is 0 Å². The van der Waals surface area contributed by atoms with Crippen molar-refractivity contribution in [2.75, 3.05) is 0 Å². The van der Waals surface area contributed by atoms with Crippen LogP contribution in [-0.2, 0) is 20.9 Å². The molecule has 5 heteroatoms. The number of benzene rings is 1. The van der Waals surface area contributed by atoms with E-state index < -0.39 is 23.5 Å². The molecule has 0 heterocycles. The third-order valence-corrected chi connectivity index (χ3v) is 3.51. The van der Waals surface area contributed by atoms with Crippen LogP contribution < -0.4 is 0 Å². The molecular formula is C15H20O5. The predicted octanol–water partition coefficient (Wildman–Crippen LogP) is 2.55. The first-order valence-corrected chi connectivity index (χ1v) is 6.63. The summed E-state index contributed by atoms with van der Waals surface area (Å²) in [5.41, 5.74) is -1.45. The van der Waals surface area contributed by atoms with Crippen molar-refractivity contribution in [1.82, 2.24) is 0 Å². The number of carboxylic acid groups (broad SMARTS) is 2. The molecule has 20 heavy (non-hydrogen) atoms. The molecule has 0 aliphatic heterocycles. The predicted molar refractivity (Wildman–Crippen MR) is 73.3 cm³/mol. The molecule has 0 bridgehead atoms. The van der Waals surface area contributed by atoms with Crippen LogP contribution in [0.25, 0.3) is 0 Å². The van der Waals surface area contributed by atoms with E-state index in [1.165, 1.54) is 0 Å². The van der Waals surface area contributed by atoms with Gasteiger partial charge in [0.05, 0.1) is 6.61 Å². The third-order valence-electron chi connectivity index (χ3n) is 3.51. The standard InChI is InChI=1S/C15H20O5/c1-3-12(4-2)15(13(16)17,14(18)19)20-10-11-8-6-5-7-9-11/h5-9,12H,3-4,10H2,1-2H3,(H,16,17)(H,18,19). The van der Waals surface area contributed by atoms with Gasteiger partial charge in [-0.15, -0.1) is 0 Å². The Labute approximate surface area is 118 Å². The van der Waals surface area contributed by atoms with Crippen molar-refractivity contribution in [2.45, 2.75) is 38.9 Å². The second kappa shape index (κ2) is 7.05. The van der Waals surface area contributed by atoms with Gasteiger partial charge >= 0.3 is 11.9 Å². The molecule has 0 saturated heterocycles. The van der Waals surface area contributed by atoms with Crippen molar-refractivity contribution in [3.63, 3.8) is 0 Å². The lowest BCUT2D eigenvalue weighted by Gasteiger charge is -2.32. The van der Waals surface area contributed by atoms with E-state index in [2.05, 4.69) is 0 Å². The van der Waals surface area contributed by atoms with Gasteiger partial charge in [-0.05, 0) is 18.4 Å². The number of carboxylic acids is 2. The first kappa shape index (κ1) is 16.2. The van der Waals surface area contributed by atoms with Crippen LogP contribution in [0.1, 0.15) is 32.3 Å². The summed E-state index contributed by atoms with van der Waals surface area (Å²) < 4.78 is 5.38. The summed E-state index contributed by atoms with van der Waals surface area (Å²) in [7, 11) is 0. The van der Waals surface area contributed by atoms with Gasteiger partial charge < -0.3 is 14.9 Å². The van der Waals surface area contributed by atoms with Crippen molar-refractivity contribution < 1.29 is 24.5 Å². The number of hydrogen-bond acceptors (Lipinski definition) is 3. The Hall–Kier alpha value is -1.88. The van der Waals surface area contributed by atoms with Crippen molar-refractivity contribution in [3.8, 4) is 0 Å². The molecule has 0 radical (unpaired) electrons. The molecule has 0 amide bonds. The van der Waals surface area contributed by atoms with Gasteiger partial charge in [0.2, 0.25) is 0 Å². The van der Waals surface area contributed by atoms with E-state index >= 15 is 0 Å². The molecule has 0 saturated carbocycles. The summed E-state index contributed by atoms with van der Waals surface area (Å²) in [5, 5.41) is 18.8. The second-order valence-electron chi connectivity index (χ2n) is 4.63. The Morgan fingerprint density at radius 2 is 1.60 bits per heavy atom. The molecule has 0 unspecified atom stereocenters. The number of ether oxygens (including phenoxy) is 1. The number of carbonyl (C=O) groups is 2. The number of aliphatic carboxylic acids is 2. The van der Waals surface area contributed by atoms with E-state index in [9.17, 15) is 19.8 Å². The largest absolute Gasteiger partial charge is 0.479 e. The smallest absolute Gasteiger partial charge is 0.348 e. The van der Waals surface area contributed by atoms with Crippen molar-refractivity contribution in [1.29, 1.82) is 0 Å². The van der Waals surface area contributed by atoms with Crippen LogP contribution in [0.3, 0.4) is 0 Å². The molecular weight excluding hydrogens is 260 g/mol. The minimum Gasteiger partial charge on any atom is -0.479 e. The van der Waals surface area contributed by atoms with E-state index in [0.717, 1.165) is 5.56 Å². The molecule has 0 aliphatic rings. The lowest BCUT2D eigenvalue weighted by atomic mass is 9.83. The minimum absolute atomic E-state index is 0.0457. The third kappa shape index (κ3) is 3.17. The average Bonchev–Trinajstić information content (AvgIpc) is 2.43. The maximum Gasteiger partial charge on any atom is 0.348 e. The van der Waals surface area contributed by atoms with Gasteiger partial charge in [0.1, 0.15) is 0 Å². The summed E-state index contributed by atoms with van der Waals surface area (Å²) in [4.78, 5) is 23.1. The fourth-order valence-corrected chi connectivity index (χ4v) is 2.32. The topological polar surface area (TPSA) is 83.8 Å². The zero-order chi connectivity index (χ0) is 15.2. The summed E-state index contributed by atoms with van der Waals surface area (Å²) in [6, 6.07) is 8.94. The monoisotopic (exact) mass is 280 g/mol. The van der Waals surface area contributed by atoms with Gasteiger partial charge in [0.25, 0.3) is 5.60 Å². The molecule has 1 rings (SSSR count). The highest BCUT2D eigenvalue weighted by atomic mass is 16.6. The van der Waals surface area contributed by atoms with E-state index in [0.29, 0.717) is 12.8 Å². The van der Waals surface area contributed by atoms with Gasteiger partial charge in [0, 0.05) is 5.92 Å². The fourth-order valence-electron chi connectivity index (χ4n) is 2.32. The lowest BCUT2D eigenvalue weighted by molar-refractivity contribution is -0.194. The molecule has 5 nitrogen and oxygen atoms in total. The Bertz CT molecular complexity index is 437. The summed E-state index contributed by atoms with van der Waals surface area (Å²) in [6.07, 6.45) is 0.841. The SMILES string of the molecule is CCC(CC)C(OCc1ccccc1)(C(=O)O)C(=O)O. The van der Waals surface area contributed by atoms with E-state index in [1.807, 2.05) is 6.07 Å². The van der Waals surface area contributed by atoms with E-state index in [1.54, 1.807) is 38.1 Å². The van der Waals surface area contributed by atoms with Gasteiger partial charge in [-0.1, -0.05) is 44.2 Å². The fraction of sp³-hybridized carbons (Fsp3) is 0.467. The molecule has 110 valence electrons. The highest BCUT2D eigenvalue weighted by molar-refractivity contribution is 6.02. The molecule has 0 aliphatic carbocycles. The Kier molecular flexibility index (Phi) is 5.70. The Morgan fingerprint density at radius 1 is 1.10 bits per heavy atom. The first-order chi connectivity index (χ1) is 9.48. The second-order valence-corrected chi connectivity index (χ2v) is 4.63. The van der Waals surface area contributed by atoms with Crippen LogP contribution in [0.2, 0.25) is 0 Å². The molecule has 1 aromatic rings. The number of rotatable bonds is 8. The summed E-state index contributed by atoms with van der Waals surface area (Å²) >= 11 is 0. The molecule has 0 fully saturated rings. The first-order valence-electron chi connectivity index (χ1n) is 6.63. The Balaban J connectivity index is 3.04. The highest BCUT2D eigenvalue weighted by Gasteiger charge is 2.53. The minimum atomic E-state index is -2.20. The van der Waals surface area contributed by atoms with Crippen molar-refractivity contribution >= 4 is 11.9 Å². The molecule has 2 N–H and O–H groups in total. The highest BCUT2D eigenvalue weighted by Crippen LogP contribution is 2.30. The zero-order valence-corrected chi connectivity index (χ0v) is 11.7. The number of hydrogen-bond donors (Lipinski definition) is 2. The quantitative estimate of drug-likeness (QED) is 0.715. The normalized spacial score (nSPS) is 11.6. The van der Waals surface area contributed by atoms with Crippen LogP contribution in [0.15, 0.2) is 30.3 Å². The summed E-state index contributed by atoms with van der Waals surface area (Å²) in [5.74, 6) is -3.48. The van der Waals surface area contributed by atoms with E-state index in [4.69, 9.17) is 4.74 Å². The molecule has 0 spiro atoms. The summed E-state index contributed by atoms with van der Waals surface area (Å²) in [6.45, 7) is 3.48. The van der Waals surface area contributed by atoms with Gasteiger partial charge in [-0.3, -0.25) is 0 Å². The average molecular weight is 280 g/mol. The van der Waals surface area contributed by atoms with Gasteiger partial charge in [-0.25, -0.2) is 9.59 Å². The van der Waals surface area contributed by atoms with Crippen LogP contribution in [0, 0.1) is 5.92 Å². The van der Waals surface area contributed by atoms with Gasteiger partial charge in [0.15, 0.2) is 0 Å². The maximum absolute atomic E-state index is 11.5. The van der Waals surface area contributed by atoms with Crippen LogP contribution in [-0.4, -0.2) is 27.8 Å². The Morgan fingerprint density at radius 3 is 2.00 bits per heavy atom. The van der Waals surface area contributed by atoms with Crippen LogP contribution in [0.4, 0.5) is 0 Å².